The largest absolute Gasteiger partial charge is 0.416 e. The quantitative estimate of drug-likeness (QED) is 0.218. The van der Waals surface area contributed by atoms with Gasteiger partial charge >= 0.3 is 6.18 Å². The number of hydrogen-bond acceptors (Lipinski definition) is 3. The molecular formula is C22H26F3IN6. The van der Waals surface area contributed by atoms with E-state index in [9.17, 15) is 13.2 Å². The number of benzene rings is 2. The Labute approximate surface area is 202 Å². The molecule has 0 spiro atoms. The Kier molecular flexibility index (Phi) is 9.48. The van der Waals surface area contributed by atoms with Gasteiger partial charge in [0.15, 0.2) is 11.8 Å². The van der Waals surface area contributed by atoms with Crippen LogP contribution in [0.25, 0.3) is 11.4 Å². The van der Waals surface area contributed by atoms with Crippen LogP contribution in [0.1, 0.15) is 36.0 Å². The molecule has 0 fully saturated rings. The monoisotopic (exact) mass is 558 g/mol. The molecule has 0 saturated heterocycles. The number of alkyl halides is 3. The summed E-state index contributed by atoms with van der Waals surface area (Å²) < 4.78 is 38.8. The zero-order valence-electron chi connectivity index (χ0n) is 17.8. The Morgan fingerprint density at radius 2 is 1.91 bits per heavy atom. The van der Waals surface area contributed by atoms with Crippen LogP contribution in [0, 0.1) is 0 Å². The van der Waals surface area contributed by atoms with Gasteiger partial charge in [-0.1, -0.05) is 43.3 Å². The summed E-state index contributed by atoms with van der Waals surface area (Å²) in [5.74, 6) is 1.31. The highest BCUT2D eigenvalue weighted by molar-refractivity contribution is 14.0. The molecule has 1 unspecified atom stereocenters. The molecule has 3 aromatic rings. The third-order valence-electron chi connectivity index (χ3n) is 4.95. The van der Waals surface area contributed by atoms with Crippen LogP contribution >= 0.6 is 24.0 Å². The molecule has 0 saturated carbocycles. The molecule has 3 N–H and O–H groups in total. The van der Waals surface area contributed by atoms with Gasteiger partial charge in [-0.25, -0.2) is 4.98 Å². The first-order valence-electron chi connectivity index (χ1n) is 9.93. The van der Waals surface area contributed by atoms with Gasteiger partial charge in [0.05, 0.1) is 5.56 Å². The van der Waals surface area contributed by atoms with E-state index in [1.807, 2.05) is 31.2 Å². The van der Waals surface area contributed by atoms with Crippen LogP contribution in [0.5, 0.6) is 0 Å². The van der Waals surface area contributed by atoms with Crippen LogP contribution < -0.4 is 10.6 Å². The number of aromatic nitrogens is 3. The van der Waals surface area contributed by atoms with Crippen molar-refractivity contribution in [2.45, 2.75) is 32.0 Å². The van der Waals surface area contributed by atoms with Gasteiger partial charge in [-0.3, -0.25) is 10.1 Å². The molecule has 3 rings (SSSR count). The van der Waals surface area contributed by atoms with E-state index in [1.165, 1.54) is 18.5 Å². The van der Waals surface area contributed by atoms with Gasteiger partial charge in [0.25, 0.3) is 0 Å². The van der Waals surface area contributed by atoms with Gasteiger partial charge in [-0.2, -0.15) is 18.3 Å². The second-order valence-electron chi connectivity index (χ2n) is 7.20. The van der Waals surface area contributed by atoms with E-state index in [-0.39, 0.29) is 29.9 Å². The van der Waals surface area contributed by atoms with E-state index in [1.54, 1.807) is 13.1 Å². The third kappa shape index (κ3) is 7.21. The molecule has 0 aliphatic rings. The lowest BCUT2D eigenvalue weighted by Crippen LogP contribution is -2.37. The van der Waals surface area contributed by atoms with Crippen LogP contribution in [-0.2, 0) is 12.7 Å². The highest BCUT2D eigenvalue weighted by atomic mass is 127. The van der Waals surface area contributed by atoms with Gasteiger partial charge in [-0.15, -0.1) is 24.0 Å². The second-order valence-corrected chi connectivity index (χ2v) is 7.20. The lowest BCUT2D eigenvalue weighted by Gasteiger charge is -2.16. The fourth-order valence-corrected chi connectivity index (χ4v) is 3.17. The summed E-state index contributed by atoms with van der Waals surface area (Å²) in [5.41, 5.74) is 2.04. The fraction of sp³-hybridized carbons (Fsp3) is 0.318. The molecule has 1 heterocycles. The first-order valence-corrected chi connectivity index (χ1v) is 9.93. The number of aliphatic imine (C=N–C) groups is 1. The SMILES string of the molecule is CN=C(NCCC(C)c1cccc(C(F)(F)F)c1)NCc1cccc(-c2ncn[nH]2)c1.I. The predicted octanol–water partition coefficient (Wildman–Crippen LogP) is 4.97. The Hall–Kier alpha value is -2.63. The van der Waals surface area contributed by atoms with Crippen LogP contribution in [0.15, 0.2) is 59.9 Å². The number of nitrogens with one attached hydrogen (secondary N) is 3. The predicted molar refractivity (Wildman–Crippen MR) is 130 cm³/mol. The average molecular weight is 558 g/mol. The number of guanidine groups is 1. The number of H-pyrrole nitrogens is 1. The lowest BCUT2D eigenvalue weighted by atomic mass is 9.96. The summed E-state index contributed by atoms with van der Waals surface area (Å²) in [7, 11) is 1.68. The van der Waals surface area contributed by atoms with Crippen LogP contribution in [0.3, 0.4) is 0 Å². The number of aromatic amines is 1. The third-order valence-corrected chi connectivity index (χ3v) is 4.95. The van der Waals surface area contributed by atoms with Crippen molar-refractivity contribution in [1.82, 2.24) is 25.8 Å². The zero-order chi connectivity index (χ0) is 22.3. The molecule has 172 valence electrons. The molecule has 0 radical (unpaired) electrons. The summed E-state index contributed by atoms with van der Waals surface area (Å²) >= 11 is 0. The maximum absolute atomic E-state index is 12.9. The molecule has 0 amide bonds. The van der Waals surface area contributed by atoms with Crippen molar-refractivity contribution < 1.29 is 13.2 Å². The molecule has 10 heteroatoms. The molecular weight excluding hydrogens is 532 g/mol. The van der Waals surface area contributed by atoms with E-state index in [0.717, 1.165) is 17.2 Å². The molecule has 0 aliphatic heterocycles. The fourth-order valence-electron chi connectivity index (χ4n) is 3.17. The van der Waals surface area contributed by atoms with Crippen LogP contribution in [-0.4, -0.2) is 34.7 Å². The molecule has 32 heavy (non-hydrogen) atoms. The average Bonchev–Trinajstić information content (AvgIpc) is 3.31. The number of halogens is 4. The Morgan fingerprint density at radius 3 is 2.59 bits per heavy atom. The van der Waals surface area contributed by atoms with E-state index >= 15 is 0 Å². The molecule has 1 aromatic heterocycles. The summed E-state index contributed by atoms with van der Waals surface area (Å²) in [6.45, 7) is 3.06. The number of hydrogen-bond donors (Lipinski definition) is 3. The van der Waals surface area contributed by atoms with E-state index in [0.29, 0.717) is 36.9 Å². The van der Waals surface area contributed by atoms with Crippen molar-refractivity contribution in [3.05, 3.63) is 71.5 Å². The van der Waals surface area contributed by atoms with Gasteiger partial charge in [0.1, 0.15) is 6.33 Å². The van der Waals surface area contributed by atoms with E-state index < -0.39 is 11.7 Å². The van der Waals surface area contributed by atoms with E-state index in [2.05, 4.69) is 30.8 Å². The number of nitrogens with zero attached hydrogens (tertiary/aromatic N) is 3. The lowest BCUT2D eigenvalue weighted by molar-refractivity contribution is -0.137. The minimum atomic E-state index is -4.33. The van der Waals surface area contributed by atoms with Gasteiger partial charge in [-0.05, 0) is 35.6 Å². The van der Waals surface area contributed by atoms with Gasteiger partial charge < -0.3 is 10.6 Å². The van der Waals surface area contributed by atoms with Crippen LogP contribution in [0.2, 0.25) is 0 Å². The van der Waals surface area contributed by atoms with Crippen molar-refractivity contribution >= 4 is 29.9 Å². The summed E-state index contributed by atoms with van der Waals surface area (Å²) in [4.78, 5) is 8.36. The Morgan fingerprint density at radius 1 is 1.12 bits per heavy atom. The zero-order valence-corrected chi connectivity index (χ0v) is 20.1. The standard InChI is InChI=1S/C22H25F3N6.HI/c1-15(17-6-4-8-19(12-17)22(23,24)25)9-10-27-21(26-2)28-13-16-5-3-7-18(11-16)20-29-14-30-31-20;/h3-8,11-12,14-15H,9-10,13H2,1-2H3,(H2,26,27,28)(H,29,30,31);1H. The van der Waals surface area contributed by atoms with E-state index in [4.69, 9.17) is 0 Å². The first kappa shape index (κ1) is 25.6. The highest BCUT2D eigenvalue weighted by Crippen LogP contribution is 2.31. The highest BCUT2D eigenvalue weighted by Gasteiger charge is 2.30. The van der Waals surface area contributed by atoms with Crippen molar-refractivity contribution in [3.63, 3.8) is 0 Å². The van der Waals surface area contributed by atoms with Crippen molar-refractivity contribution in [2.24, 2.45) is 4.99 Å². The minimum absolute atomic E-state index is 0. The summed E-state index contributed by atoms with van der Waals surface area (Å²) in [6.07, 6.45) is -2.19. The summed E-state index contributed by atoms with van der Waals surface area (Å²) in [5, 5.41) is 13.2. The molecule has 0 bridgehead atoms. The molecule has 6 nitrogen and oxygen atoms in total. The van der Waals surface area contributed by atoms with Gasteiger partial charge in [0.2, 0.25) is 0 Å². The van der Waals surface area contributed by atoms with Crippen molar-refractivity contribution in [1.29, 1.82) is 0 Å². The first-order chi connectivity index (χ1) is 14.9. The topological polar surface area (TPSA) is 78.0 Å². The minimum Gasteiger partial charge on any atom is -0.356 e. The summed E-state index contributed by atoms with van der Waals surface area (Å²) in [6, 6.07) is 13.4. The maximum atomic E-state index is 12.9. The molecule has 1 atom stereocenters. The second kappa shape index (κ2) is 11.8. The molecule has 0 aliphatic carbocycles. The van der Waals surface area contributed by atoms with Crippen LogP contribution in [0.4, 0.5) is 13.2 Å². The Bertz CT molecular complexity index is 1000. The van der Waals surface area contributed by atoms with Gasteiger partial charge in [0, 0.05) is 25.7 Å². The van der Waals surface area contributed by atoms with Crippen molar-refractivity contribution in [3.8, 4) is 11.4 Å². The normalized spacial score (nSPS) is 12.7. The van der Waals surface area contributed by atoms with Crippen molar-refractivity contribution in [2.75, 3.05) is 13.6 Å². The molecule has 2 aromatic carbocycles. The number of rotatable bonds is 7. The maximum Gasteiger partial charge on any atom is 0.416 e. The smallest absolute Gasteiger partial charge is 0.356 e. The Balaban J connectivity index is 0.00000363.